The molecule has 1 aromatic heterocycles. The van der Waals surface area contributed by atoms with E-state index >= 15 is 0 Å². The third-order valence-corrected chi connectivity index (χ3v) is 1.83. The van der Waals surface area contributed by atoms with Crippen LogP contribution in [0.2, 0.25) is 0 Å². The van der Waals surface area contributed by atoms with E-state index in [2.05, 4.69) is 4.98 Å². The van der Waals surface area contributed by atoms with Gasteiger partial charge in [-0.15, -0.1) is 0 Å². The van der Waals surface area contributed by atoms with E-state index in [-0.39, 0.29) is 5.56 Å². The molecule has 0 saturated carbocycles. The van der Waals surface area contributed by atoms with Gasteiger partial charge in [-0.05, 0) is 0 Å². The van der Waals surface area contributed by atoms with Gasteiger partial charge in [-0.1, -0.05) is 0 Å². The largest absolute Gasteiger partial charge is 0.385 e. The number of halogens is 2. The van der Waals surface area contributed by atoms with Crippen molar-refractivity contribution < 1.29 is 18.7 Å². The van der Waals surface area contributed by atoms with E-state index in [0.717, 1.165) is 12.3 Å². The summed E-state index contributed by atoms with van der Waals surface area (Å²) in [6, 6.07) is 1.14. The third kappa shape index (κ3) is 3.13. The number of aromatic amines is 1. The maximum absolute atomic E-state index is 11.9. The van der Waals surface area contributed by atoms with Crippen molar-refractivity contribution in [3.8, 4) is 0 Å². The molecule has 1 heterocycles. The zero-order chi connectivity index (χ0) is 12.1. The van der Waals surface area contributed by atoms with Crippen molar-refractivity contribution in [2.75, 3.05) is 6.54 Å². The molecular formula is C9H10F2N2O3. The van der Waals surface area contributed by atoms with Crippen LogP contribution in [0.1, 0.15) is 10.4 Å². The molecule has 0 aliphatic heterocycles. The fourth-order valence-corrected chi connectivity index (χ4v) is 0.975. The highest BCUT2D eigenvalue weighted by atomic mass is 19.3. The Morgan fingerprint density at radius 1 is 1.56 bits per heavy atom. The molecular weight excluding hydrogens is 222 g/mol. The second kappa shape index (κ2) is 5.36. The first kappa shape index (κ1) is 12.3. The lowest BCUT2D eigenvalue weighted by Gasteiger charge is -2.10. The highest BCUT2D eigenvalue weighted by Gasteiger charge is 2.18. The van der Waals surface area contributed by atoms with E-state index in [1.54, 1.807) is 0 Å². The van der Waals surface area contributed by atoms with Crippen molar-refractivity contribution >= 4 is 5.91 Å². The standard InChI is InChI=1S/C9H10F2N2O3/c10-8(11)7(15)4-13-9(16)5-3-12-2-1-6(5)14/h1-3,7-8,15H,4H2,(H,12,14)(H,13,16). The zero-order valence-electron chi connectivity index (χ0n) is 8.11. The summed E-state index contributed by atoms with van der Waals surface area (Å²) in [6.07, 6.45) is -2.37. The number of rotatable bonds is 4. The molecule has 0 saturated heterocycles. The summed E-state index contributed by atoms with van der Waals surface area (Å²) in [5.41, 5.74) is -0.716. The molecule has 88 valence electrons. The van der Waals surface area contributed by atoms with E-state index in [1.807, 2.05) is 5.32 Å². The molecule has 5 nitrogen and oxygen atoms in total. The average Bonchev–Trinajstić information content (AvgIpc) is 2.25. The fourth-order valence-electron chi connectivity index (χ4n) is 0.975. The molecule has 1 rings (SSSR count). The highest BCUT2D eigenvalue weighted by Crippen LogP contribution is 1.98. The minimum atomic E-state index is -2.94. The Labute approximate surface area is 89.1 Å². The van der Waals surface area contributed by atoms with Crippen LogP contribution in [-0.4, -0.2) is 35.1 Å². The molecule has 16 heavy (non-hydrogen) atoms. The number of hydrogen-bond donors (Lipinski definition) is 3. The Morgan fingerprint density at radius 2 is 2.25 bits per heavy atom. The van der Waals surface area contributed by atoms with Crippen molar-refractivity contribution in [2.45, 2.75) is 12.5 Å². The Hall–Kier alpha value is -1.76. The molecule has 0 bridgehead atoms. The molecule has 0 spiro atoms. The van der Waals surface area contributed by atoms with Crippen LogP contribution in [0.15, 0.2) is 23.3 Å². The summed E-state index contributed by atoms with van der Waals surface area (Å²) >= 11 is 0. The second-order valence-corrected chi connectivity index (χ2v) is 3.03. The number of hydrogen-bond acceptors (Lipinski definition) is 3. The quantitative estimate of drug-likeness (QED) is 0.668. The summed E-state index contributed by atoms with van der Waals surface area (Å²) in [5, 5.41) is 10.8. The maximum Gasteiger partial charge on any atom is 0.265 e. The number of alkyl halides is 2. The van der Waals surface area contributed by atoms with Crippen molar-refractivity contribution in [3.63, 3.8) is 0 Å². The second-order valence-electron chi connectivity index (χ2n) is 3.03. The summed E-state index contributed by atoms with van der Waals surface area (Å²) in [6.45, 7) is -0.606. The van der Waals surface area contributed by atoms with Crippen LogP contribution < -0.4 is 10.7 Å². The van der Waals surface area contributed by atoms with Gasteiger partial charge in [0, 0.05) is 25.0 Å². The smallest absolute Gasteiger partial charge is 0.265 e. The minimum absolute atomic E-state index is 0.191. The summed E-state index contributed by atoms with van der Waals surface area (Å²) in [5.74, 6) is -0.804. The number of nitrogens with one attached hydrogen (secondary N) is 2. The van der Waals surface area contributed by atoms with Crippen LogP contribution in [0, 0.1) is 0 Å². The Kier molecular flexibility index (Phi) is 4.12. The lowest BCUT2D eigenvalue weighted by Crippen LogP contribution is -2.37. The first-order valence-electron chi connectivity index (χ1n) is 4.44. The molecule has 1 atom stereocenters. The van der Waals surface area contributed by atoms with Gasteiger partial charge in [0.05, 0.1) is 0 Å². The van der Waals surface area contributed by atoms with Crippen molar-refractivity contribution in [1.29, 1.82) is 0 Å². The zero-order valence-corrected chi connectivity index (χ0v) is 8.11. The van der Waals surface area contributed by atoms with Crippen LogP contribution in [0.3, 0.4) is 0 Å². The topological polar surface area (TPSA) is 82.2 Å². The number of amides is 1. The molecule has 3 N–H and O–H groups in total. The molecule has 0 radical (unpaired) electrons. The lowest BCUT2D eigenvalue weighted by atomic mass is 10.2. The molecule has 0 aromatic carbocycles. The van der Waals surface area contributed by atoms with E-state index < -0.39 is 30.4 Å². The molecule has 1 amide bonds. The van der Waals surface area contributed by atoms with Gasteiger partial charge in [-0.3, -0.25) is 9.59 Å². The monoisotopic (exact) mass is 232 g/mol. The van der Waals surface area contributed by atoms with Gasteiger partial charge in [0.15, 0.2) is 5.43 Å². The first-order valence-corrected chi connectivity index (χ1v) is 4.44. The van der Waals surface area contributed by atoms with Crippen LogP contribution in [0.25, 0.3) is 0 Å². The van der Waals surface area contributed by atoms with Gasteiger partial charge in [-0.2, -0.15) is 0 Å². The SMILES string of the molecule is O=C(NCC(O)C(F)F)c1c[nH]ccc1=O. The number of carbonyl (C=O) groups excluding carboxylic acids is 1. The van der Waals surface area contributed by atoms with E-state index in [4.69, 9.17) is 5.11 Å². The Morgan fingerprint density at radius 3 is 2.81 bits per heavy atom. The molecule has 7 heteroatoms. The Bertz CT molecular complexity index is 419. The van der Waals surface area contributed by atoms with Gasteiger partial charge >= 0.3 is 0 Å². The number of carbonyl (C=O) groups is 1. The third-order valence-electron chi connectivity index (χ3n) is 1.83. The van der Waals surface area contributed by atoms with Crippen molar-refractivity contribution in [3.05, 3.63) is 34.2 Å². The molecule has 1 unspecified atom stereocenters. The number of aliphatic hydroxyl groups excluding tert-OH is 1. The van der Waals surface area contributed by atoms with Gasteiger partial charge in [0.2, 0.25) is 0 Å². The van der Waals surface area contributed by atoms with E-state index in [0.29, 0.717) is 0 Å². The molecule has 0 aliphatic carbocycles. The number of pyridine rings is 1. The van der Waals surface area contributed by atoms with Gasteiger partial charge in [0.1, 0.15) is 11.7 Å². The van der Waals surface area contributed by atoms with Gasteiger partial charge < -0.3 is 15.4 Å². The molecule has 0 fully saturated rings. The van der Waals surface area contributed by atoms with E-state index in [9.17, 15) is 18.4 Å². The number of aliphatic hydroxyl groups is 1. The van der Waals surface area contributed by atoms with Crippen LogP contribution in [0.4, 0.5) is 8.78 Å². The maximum atomic E-state index is 11.9. The van der Waals surface area contributed by atoms with Gasteiger partial charge in [-0.25, -0.2) is 8.78 Å². The molecule has 0 aliphatic rings. The number of aromatic nitrogens is 1. The summed E-state index contributed by atoms with van der Waals surface area (Å²) in [4.78, 5) is 25.0. The lowest BCUT2D eigenvalue weighted by molar-refractivity contribution is -0.00270. The summed E-state index contributed by atoms with van der Waals surface area (Å²) in [7, 11) is 0. The first-order chi connectivity index (χ1) is 7.52. The van der Waals surface area contributed by atoms with Crippen LogP contribution >= 0.6 is 0 Å². The minimum Gasteiger partial charge on any atom is -0.385 e. The fraction of sp³-hybridized carbons (Fsp3) is 0.333. The van der Waals surface area contributed by atoms with Gasteiger partial charge in [0.25, 0.3) is 12.3 Å². The van der Waals surface area contributed by atoms with Crippen LogP contribution in [-0.2, 0) is 0 Å². The highest BCUT2D eigenvalue weighted by molar-refractivity contribution is 5.93. The normalized spacial score (nSPS) is 12.5. The summed E-state index contributed by atoms with van der Waals surface area (Å²) < 4.78 is 23.8. The van der Waals surface area contributed by atoms with E-state index in [1.165, 1.54) is 6.20 Å². The predicted octanol–water partition coefficient (Wildman–Crippen LogP) is -0.269. The predicted molar refractivity (Wildman–Crippen MR) is 51.4 cm³/mol. The Balaban J connectivity index is 2.61. The van der Waals surface area contributed by atoms with Crippen LogP contribution in [0.5, 0.6) is 0 Å². The molecule has 1 aromatic rings. The van der Waals surface area contributed by atoms with Crippen molar-refractivity contribution in [2.24, 2.45) is 0 Å². The van der Waals surface area contributed by atoms with Crippen molar-refractivity contribution in [1.82, 2.24) is 10.3 Å². The number of H-pyrrole nitrogens is 1. The average molecular weight is 232 g/mol.